The summed E-state index contributed by atoms with van der Waals surface area (Å²) in [5.74, 6) is 1.01. The Kier molecular flexibility index (Phi) is 6.16. The molecule has 1 amide bonds. The maximum absolute atomic E-state index is 12.7. The molecule has 1 fully saturated rings. The number of anilines is 1. The summed E-state index contributed by atoms with van der Waals surface area (Å²) >= 11 is 0. The van der Waals surface area contributed by atoms with Crippen LogP contribution in [0.1, 0.15) is 35.6 Å². The minimum atomic E-state index is -0.0867. The Morgan fingerprint density at radius 3 is 2.43 bits per heavy atom. The summed E-state index contributed by atoms with van der Waals surface area (Å²) in [7, 11) is 0. The number of rotatable bonds is 6. The lowest BCUT2D eigenvalue weighted by Gasteiger charge is -2.33. The van der Waals surface area contributed by atoms with E-state index in [0.717, 1.165) is 73.9 Å². The molecule has 1 N–H and O–H groups in total. The van der Waals surface area contributed by atoms with E-state index in [-0.39, 0.29) is 5.91 Å². The van der Waals surface area contributed by atoms with Crippen molar-refractivity contribution in [3.8, 4) is 0 Å². The highest BCUT2D eigenvalue weighted by molar-refractivity contribution is 6.05. The third-order valence-corrected chi connectivity index (χ3v) is 6.07. The smallest absolute Gasteiger partial charge is 0.255 e. The van der Waals surface area contributed by atoms with E-state index in [2.05, 4.69) is 39.6 Å². The van der Waals surface area contributed by atoms with Gasteiger partial charge in [0.2, 0.25) is 0 Å². The first-order valence-corrected chi connectivity index (χ1v) is 10.9. The number of aryl methyl sites for hydroxylation is 2. The van der Waals surface area contributed by atoms with Gasteiger partial charge in [-0.15, -0.1) is 0 Å². The number of nitrogens with zero attached hydrogens (tertiary/aromatic N) is 4. The van der Waals surface area contributed by atoms with Crippen molar-refractivity contribution < 1.29 is 4.79 Å². The van der Waals surface area contributed by atoms with E-state index in [9.17, 15) is 4.79 Å². The number of aromatic nitrogens is 2. The molecule has 6 heteroatoms. The Balaban J connectivity index is 1.53. The first-order chi connectivity index (χ1) is 14.6. The van der Waals surface area contributed by atoms with E-state index in [1.165, 1.54) is 0 Å². The number of fused-ring (bicyclic) bond motifs is 1. The van der Waals surface area contributed by atoms with Crippen LogP contribution in [0, 0.1) is 6.92 Å². The van der Waals surface area contributed by atoms with Crippen molar-refractivity contribution in [1.82, 2.24) is 19.4 Å². The lowest BCUT2D eigenvalue weighted by molar-refractivity contribution is 0.102. The van der Waals surface area contributed by atoms with Crippen molar-refractivity contribution in [3.63, 3.8) is 0 Å². The zero-order valence-electron chi connectivity index (χ0n) is 18.2. The number of hydrogen-bond acceptors (Lipinski definition) is 4. The van der Waals surface area contributed by atoms with Gasteiger partial charge in [-0.2, -0.15) is 0 Å². The molecule has 30 heavy (non-hydrogen) atoms. The Bertz CT molecular complexity index is 1030. The Labute approximate surface area is 178 Å². The highest BCUT2D eigenvalue weighted by atomic mass is 16.1. The predicted molar refractivity (Wildman–Crippen MR) is 122 cm³/mol. The molecule has 4 rings (SSSR count). The van der Waals surface area contributed by atoms with Crippen LogP contribution in [0.5, 0.6) is 0 Å². The predicted octanol–water partition coefficient (Wildman–Crippen LogP) is 3.75. The van der Waals surface area contributed by atoms with Crippen molar-refractivity contribution in [3.05, 3.63) is 59.4 Å². The molecule has 1 saturated heterocycles. The van der Waals surface area contributed by atoms with Crippen LogP contribution in [0.4, 0.5) is 5.69 Å². The molecule has 0 radical (unpaired) electrons. The summed E-state index contributed by atoms with van der Waals surface area (Å²) in [6.07, 6.45) is 0. The van der Waals surface area contributed by atoms with Gasteiger partial charge in [0.25, 0.3) is 5.91 Å². The largest absolute Gasteiger partial charge is 0.327 e. The van der Waals surface area contributed by atoms with Crippen LogP contribution in [0.3, 0.4) is 0 Å². The monoisotopic (exact) mass is 405 g/mol. The van der Waals surface area contributed by atoms with Gasteiger partial charge >= 0.3 is 0 Å². The van der Waals surface area contributed by atoms with Gasteiger partial charge in [-0.3, -0.25) is 9.69 Å². The first-order valence-electron chi connectivity index (χ1n) is 10.9. The van der Waals surface area contributed by atoms with Crippen molar-refractivity contribution in [2.24, 2.45) is 0 Å². The third-order valence-electron chi connectivity index (χ3n) is 6.07. The summed E-state index contributed by atoms with van der Waals surface area (Å²) in [6.45, 7) is 13.6. The van der Waals surface area contributed by atoms with Gasteiger partial charge in [0.05, 0.1) is 17.6 Å². The zero-order chi connectivity index (χ0) is 21.1. The van der Waals surface area contributed by atoms with Gasteiger partial charge in [-0.1, -0.05) is 25.1 Å². The summed E-state index contributed by atoms with van der Waals surface area (Å²) < 4.78 is 2.29. The minimum Gasteiger partial charge on any atom is -0.327 e. The lowest BCUT2D eigenvalue weighted by atomic mass is 10.1. The SMILES string of the molecule is CCN1CCN(Cc2nc3cc(NC(=O)c4ccccc4C)ccc3n2CC)CC1. The molecule has 0 bridgehead atoms. The molecule has 0 spiro atoms. The van der Waals surface area contributed by atoms with Crippen LogP contribution in [0.15, 0.2) is 42.5 Å². The number of piperazine rings is 1. The van der Waals surface area contributed by atoms with Gasteiger partial charge in [-0.25, -0.2) is 4.98 Å². The molecule has 0 aliphatic carbocycles. The number of amides is 1. The van der Waals surface area contributed by atoms with Gasteiger partial charge in [0, 0.05) is 44.0 Å². The van der Waals surface area contributed by atoms with Crippen LogP contribution < -0.4 is 5.32 Å². The Hall–Kier alpha value is -2.70. The molecule has 6 nitrogen and oxygen atoms in total. The van der Waals surface area contributed by atoms with E-state index >= 15 is 0 Å². The molecule has 1 aliphatic rings. The van der Waals surface area contributed by atoms with E-state index in [4.69, 9.17) is 4.98 Å². The van der Waals surface area contributed by atoms with Crippen molar-refractivity contribution in [2.45, 2.75) is 33.9 Å². The molecule has 0 unspecified atom stereocenters. The molecule has 1 aromatic heterocycles. The molecule has 1 aliphatic heterocycles. The molecule has 2 heterocycles. The number of hydrogen-bond donors (Lipinski definition) is 1. The van der Waals surface area contributed by atoms with Crippen LogP contribution >= 0.6 is 0 Å². The fourth-order valence-corrected chi connectivity index (χ4v) is 4.22. The highest BCUT2D eigenvalue weighted by Crippen LogP contribution is 2.23. The molecule has 0 atom stereocenters. The maximum atomic E-state index is 12.7. The number of benzene rings is 2. The summed E-state index contributed by atoms with van der Waals surface area (Å²) in [6, 6.07) is 13.7. The minimum absolute atomic E-state index is 0.0867. The molecule has 0 saturated carbocycles. The van der Waals surface area contributed by atoms with Crippen LogP contribution in [0.2, 0.25) is 0 Å². The second kappa shape index (κ2) is 8.98. The van der Waals surface area contributed by atoms with Crippen LogP contribution in [0.25, 0.3) is 11.0 Å². The van der Waals surface area contributed by atoms with Crippen LogP contribution in [-0.2, 0) is 13.1 Å². The quantitative estimate of drug-likeness (QED) is 0.679. The van der Waals surface area contributed by atoms with E-state index in [1.54, 1.807) is 0 Å². The fourth-order valence-electron chi connectivity index (χ4n) is 4.22. The summed E-state index contributed by atoms with van der Waals surface area (Å²) in [4.78, 5) is 22.6. The summed E-state index contributed by atoms with van der Waals surface area (Å²) in [5, 5.41) is 3.03. The number of carbonyl (C=O) groups excluding carboxylic acids is 1. The Morgan fingerprint density at radius 1 is 1.00 bits per heavy atom. The average Bonchev–Trinajstić information content (AvgIpc) is 3.10. The van der Waals surface area contributed by atoms with E-state index < -0.39 is 0 Å². The first kappa shape index (κ1) is 20.6. The number of nitrogens with one attached hydrogen (secondary N) is 1. The van der Waals surface area contributed by atoms with E-state index in [1.807, 2.05) is 43.3 Å². The van der Waals surface area contributed by atoms with Gasteiger partial charge in [-0.05, 0) is 50.2 Å². The second-order valence-corrected chi connectivity index (χ2v) is 7.96. The van der Waals surface area contributed by atoms with Gasteiger partial charge in [0.15, 0.2) is 0 Å². The van der Waals surface area contributed by atoms with Crippen molar-refractivity contribution in [1.29, 1.82) is 0 Å². The lowest BCUT2D eigenvalue weighted by Crippen LogP contribution is -2.45. The third kappa shape index (κ3) is 4.25. The van der Waals surface area contributed by atoms with E-state index in [0.29, 0.717) is 5.56 Å². The highest BCUT2D eigenvalue weighted by Gasteiger charge is 2.19. The number of likely N-dealkylation sites (N-methyl/N-ethyl adjacent to an activating group) is 1. The number of carbonyl (C=O) groups is 1. The van der Waals surface area contributed by atoms with Crippen molar-refractivity contribution >= 4 is 22.6 Å². The molecule has 2 aromatic carbocycles. The molecule has 158 valence electrons. The van der Waals surface area contributed by atoms with Gasteiger partial charge in [0.1, 0.15) is 5.82 Å². The summed E-state index contributed by atoms with van der Waals surface area (Å²) in [5.41, 5.74) is 4.50. The van der Waals surface area contributed by atoms with Crippen molar-refractivity contribution in [2.75, 3.05) is 38.0 Å². The number of imidazole rings is 1. The average molecular weight is 406 g/mol. The maximum Gasteiger partial charge on any atom is 0.255 e. The van der Waals surface area contributed by atoms with Gasteiger partial charge < -0.3 is 14.8 Å². The zero-order valence-corrected chi connectivity index (χ0v) is 18.2. The topological polar surface area (TPSA) is 53.4 Å². The molecule has 3 aromatic rings. The molecular weight excluding hydrogens is 374 g/mol. The van der Waals surface area contributed by atoms with Crippen LogP contribution in [-0.4, -0.2) is 58.0 Å². The molecular formula is C24H31N5O. The second-order valence-electron chi connectivity index (χ2n) is 7.96. The Morgan fingerprint density at radius 2 is 1.73 bits per heavy atom. The standard InChI is InChI=1S/C24H31N5O/c1-4-27-12-14-28(15-13-27)17-23-26-21-16-19(10-11-22(21)29(23)5-2)25-24(30)20-9-7-6-8-18(20)3/h6-11,16H,4-5,12-15,17H2,1-3H3,(H,25,30). The fraction of sp³-hybridized carbons (Fsp3) is 0.417. The normalized spacial score (nSPS) is 15.6.